The van der Waals surface area contributed by atoms with Crippen LogP contribution in [0, 0.1) is 0 Å². The number of H-pyrrole nitrogens is 1. The van der Waals surface area contributed by atoms with Crippen molar-refractivity contribution in [3.8, 4) is 0 Å². The number of anilines is 1. The highest BCUT2D eigenvalue weighted by Crippen LogP contribution is 2.34. The van der Waals surface area contributed by atoms with Crippen molar-refractivity contribution in [2.24, 2.45) is 5.73 Å². The maximum Gasteiger partial charge on any atom is 0.417 e. The van der Waals surface area contributed by atoms with E-state index in [0.29, 0.717) is 30.2 Å². The molecular formula is C35H38F3N7O9. The van der Waals surface area contributed by atoms with Crippen LogP contribution < -0.4 is 32.6 Å². The lowest BCUT2D eigenvalue weighted by Crippen LogP contribution is -2.56. The Labute approximate surface area is 305 Å². The van der Waals surface area contributed by atoms with Crippen LogP contribution in [0.25, 0.3) is 11.0 Å². The Hall–Kier alpha value is -6.24. The number of amides is 4. The Bertz CT molecular complexity index is 1970. The Morgan fingerprint density at radius 3 is 2.26 bits per heavy atom. The molecule has 0 fully saturated rings. The molecule has 8 N–H and O–H groups in total. The third-order valence-electron chi connectivity index (χ3n) is 7.98. The van der Waals surface area contributed by atoms with Gasteiger partial charge in [0, 0.05) is 47.9 Å². The fourth-order valence-corrected chi connectivity index (χ4v) is 5.28. The SMILES string of the molecule is NCCCC[C@H](NC(=O)[C@H](CCC(=O)O)NC(=O)[C@H](Cc1cnc[nH]1)NC(=O)OCc1ccccc1)C(=O)Nc1ccc2c(C(F)(F)F)cc(=O)oc2c1. The van der Waals surface area contributed by atoms with E-state index < -0.39 is 89.1 Å². The number of alkyl carbamates (subject to hydrolysis) is 1. The Kier molecular flexibility index (Phi) is 14.3. The first-order valence-corrected chi connectivity index (χ1v) is 16.7. The van der Waals surface area contributed by atoms with Crippen molar-refractivity contribution < 1.29 is 51.4 Å². The average molecular weight is 758 g/mol. The van der Waals surface area contributed by atoms with Gasteiger partial charge in [0.15, 0.2) is 0 Å². The summed E-state index contributed by atoms with van der Waals surface area (Å²) in [7, 11) is 0. The van der Waals surface area contributed by atoms with Crippen LogP contribution in [-0.4, -0.2) is 69.5 Å². The number of carboxylic acid groups (broad SMARTS) is 1. The third-order valence-corrected chi connectivity index (χ3v) is 7.98. The third kappa shape index (κ3) is 12.2. The molecule has 2 heterocycles. The number of aromatic amines is 1. The van der Waals surface area contributed by atoms with E-state index in [9.17, 15) is 47.0 Å². The number of nitrogens with one attached hydrogen (secondary N) is 5. The molecule has 19 heteroatoms. The van der Waals surface area contributed by atoms with Crippen molar-refractivity contribution in [1.29, 1.82) is 0 Å². The zero-order chi connectivity index (χ0) is 39.3. The standard InChI is InChI=1S/C35H38F3N7O9/c36-35(37,38)24-16-30(48)54-28-15-21(9-10-23(24)28)42-31(49)25(8-4-5-13-39)43-32(50)26(11-12-29(46)47)44-33(51)27(14-22-17-40-19-41-22)45-34(52)53-18-20-6-2-1-3-7-20/h1-3,6-7,9-10,15-17,19,25-27H,4-5,8,11-14,18,39H2,(H,40,41)(H,42,49)(H,43,50)(H,44,51)(H,45,52)(H,46,47)/t25-,26-,27-/m0/s1. The number of aromatic nitrogens is 2. The molecule has 4 rings (SSSR count). The highest BCUT2D eigenvalue weighted by Gasteiger charge is 2.34. The molecule has 0 radical (unpaired) electrons. The zero-order valence-electron chi connectivity index (χ0n) is 28.6. The van der Waals surface area contributed by atoms with Crippen LogP contribution in [0.2, 0.25) is 0 Å². The quantitative estimate of drug-likeness (QED) is 0.0574. The first-order valence-electron chi connectivity index (χ1n) is 16.7. The van der Waals surface area contributed by atoms with Crippen LogP contribution in [-0.2, 0) is 43.1 Å². The van der Waals surface area contributed by atoms with E-state index in [1.165, 1.54) is 12.5 Å². The van der Waals surface area contributed by atoms with E-state index in [2.05, 4.69) is 31.2 Å². The van der Waals surface area contributed by atoms with E-state index in [1.807, 2.05) is 0 Å². The topological polar surface area (TPSA) is 248 Å². The van der Waals surface area contributed by atoms with Gasteiger partial charge >= 0.3 is 23.9 Å². The normalized spacial score (nSPS) is 13.0. The molecule has 4 amide bonds. The van der Waals surface area contributed by atoms with Crippen LogP contribution in [0.5, 0.6) is 0 Å². The van der Waals surface area contributed by atoms with Gasteiger partial charge in [0.2, 0.25) is 17.7 Å². The molecule has 0 bridgehead atoms. The number of imidazole rings is 1. The van der Waals surface area contributed by atoms with Crippen LogP contribution in [0.1, 0.15) is 48.9 Å². The van der Waals surface area contributed by atoms with Crippen molar-refractivity contribution in [2.75, 3.05) is 11.9 Å². The van der Waals surface area contributed by atoms with Crippen molar-refractivity contribution in [1.82, 2.24) is 25.9 Å². The minimum atomic E-state index is -4.86. The summed E-state index contributed by atoms with van der Waals surface area (Å²) < 4.78 is 50.7. The number of nitrogens with zero attached hydrogens (tertiary/aromatic N) is 1. The van der Waals surface area contributed by atoms with E-state index in [1.54, 1.807) is 30.3 Å². The molecule has 0 aliphatic carbocycles. The van der Waals surface area contributed by atoms with Crippen molar-refractivity contribution >= 4 is 46.4 Å². The predicted molar refractivity (Wildman–Crippen MR) is 186 cm³/mol. The Morgan fingerprint density at radius 2 is 1.61 bits per heavy atom. The maximum absolute atomic E-state index is 13.6. The van der Waals surface area contributed by atoms with Gasteiger partial charge in [-0.25, -0.2) is 14.6 Å². The number of halogens is 3. The molecule has 0 saturated heterocycles. The molecule has 288 valence electrons. The molecule has 0 spiro atoms. The lowest BCUT2D eigenvalue weighted by Gasteiger charge is -2.25. The number of hydrogen-bond donors (Lipinski definition) is 7. The molecule has 2 aromatic carbocycles. The minimum absolute atomic E-state index is 0.0204. The second-order valence-corrected chi connectivity index (χ2v) is 12.1. The lowest BCUT2D eigenvalue weighted by molar-refractivity contribution is -0.138. The fraction of sp³-hybridized carbons (Fsp3) is 0.343. The highest BCUT2D eigenvalue weighted by atomic mass is 19.4. The van der Waals surface area contributed by atoms with Crippen LogP contribution in [0.15, 0.2) is 76.3 Å². The van der Waals surface area contributed by atoms with Crippen molar-refractivity contribution in [3.05, 3.63) is 94.4 Å². The number of carbonyl (C=O) groups excluding carboxylic acids is 4. The number of fused-ring (bicyclic) bond motifs is 1. The molecular weight excluding hydrogens is 719 g/mol. The number of carbonyl (C=O) groups is 5. The first-order chi connectivity index (χ1) is 25.7. The van der Waals surface area contributed by atoms with Gasteiger partial charge in [0.25, 0.3) is 0 Å². The largest absolute Gasteiger partial charge is 0.481 e. The summed E-state index contributed by atoms with van der Waals surface area (Å²) >= 11 is 0. The van der Waals surface area contributed by atoms with Gasteiger partial charge in [-0.3, -0.25) is 19.2 Å². The van der Waals surface area contributed by atoms with Gasteiger partial charge in [-0.05, 0) is 49.9 Å². The predicted octanol–water partition coefficient (Wildman–Crippen LogP) is 2.97. The van der Waals surface area contributed by atoms with Gasteiger partial charge in [0.05, 0.1) is 11.9 Å². The molecule has 0 aliphatic rings. The highest BCUT2D eigenvalue weighted by molar-refractivity contribution is 6.00. The first kappa shape index (κ1) is 40.5. The molecule has 0 unspecified atom stereocenters. The zero-order valence-corrected chi connectivity index (χ0v) is 28.6. The van der Waals surface area contributed by atoms with Crippen LogP contribution in [0.4, 0.5) is 23.7 Å². The second-order valence-electron chi connectivity index (χ2n) is 12.1. The number of alkyl halides is 3. The summed E-state index contributed by atoms with van der Waals surface area (Å²) in [4.78, 5) is 83.5. The van der Waals surface area contributed by atoms with Gasteiger partial charge < -0.3 is 46.2 Å². The summed E-state index contributed by atoms with van der Waals surface area (Å²) in [6, 6.07) is 8.10. The Morgan fingerprint density at radius 1 is 0.907 bits per heavy atom. The van der Waals surface area contributed by atoms with E-state index in [4.69, 9.17) is 14.9 Å². The molecule has 54 heavy (non-hydrogen) atoms. The number of benzene rings is 2. The van der Waals surface area contributed by atoms with E-state index >= 15 is 0 Å². The summed E-state index contributed by atoms with van der Waals surface area (Å²) in [6.45, 7) is 0.147. The lowest BCUT2D eigenvalue weighted by atomic mass is 10.0. The molecule has 0 aliphatic heterocycles. The van der Waals surface area contributed by atoms with Crippen LogP contribution >= 0.6 is 0 Å². The minimum Gasteiger partial charge on any atom is -0.481 e. The van der Waals surface area contributed by atoms with Crippen molar-refractivity contribution in [3.63, 3.8) is 0 Å². The molecule has 16 nitrogen and oxygen atoms in total. The number of aliphatic carboxylic acids is 1. The summed E-state index contributed by atoms with van der Waals surface area (Å²) in [6.07, 6.45) is -3.35. The number of ether oxygens (including phenoxy) is 1. The average Bonchev–Trinajstić information content (AvgIpc) is 3.64. The van der Waals surface area contributed by atoms with Gasteiger partial charge in [0.1, 0.15) is 30.3 Å². The van der Waals surface area contributed by atoms with Gasteiger partial charge in [-0.1, -0.05) is 30.3 Å². The number of rotatable bonds is 18. The van der Waals surface area contributed by atoms with Crippen molar-refractivity contribution in [2.45, 2.75) is 69.4 Å². The van der Waals surface area contributed by atoms with E-state index in [0.717, 1.165) is 18.2 Å². The monoisotopic (exact) mass is 757 g/mol. The number of hydrogen-bond acceptors (Lipinski definition) is 10. The molecule has 2 aromatic heterocycles. The summed E-state index contributed by atoms with van der Waals surface area (Å²) in [5.74, 6) is -3.93. The van der Waals surface area contributed by atoms with Gasteiger partial charge in [-0.15, -0.1) is 0 Å². The maximum atomic E-state index is 13.6. The smallest absolute Gasteiger partial charge is 0.417 e. The molecule has 0 saturated carbocycles. The molecule has 4 aromatic rings. The number of nitrogens with two attached hydrogens (primary N) is 1. The van der Waals surface area contributed by atoms with E-state index in [-0.39, 0.29) is 31.7 Å². The Balaban J connectivity index is 1.51. The number of unbranched alkanes of at least 4 members (excludes halogenated alkanes) is 1. The summed E-state index contributed by atoms with van der Waals surface area (Å²) in [5.41, 5.74) is 3.73. The molecule has 3 atom stereocenters. The number of carboxylic acids is 1. The fourth-order valence-electron chi connectivity index (χ4n) is 5.28. The van der Waals surface area contributed by atoms with Crippen LogP contribution in [0.3, 0.4) is 0 Å². The van der Waals surface area contributed by atoms with Gasteiger partial charge in [-0.2, -0.15) is 13.2 Å². The second kappa shape index (κ2) is 19.0. The summed E-state index contributed by atoms with van der Waals surface area (Å²) in [5, 5.41) is 18.9.